The van der Waals surface area contributed by atoms with Gasteiger partial charge in [0.05, 0.1) is 24.7 Å². The zero-order valence-electron chi connectivity index (χ0n) is 15.2. The normalized spacial score (nSPS) is 16.9. The molecule has 1 atom stereocenters. The molecule has 1 aliphatic heterocycles. The summed E-state index contributed by atoms with van der Waals surface area (Å²) in [6.07, 6.45) is 0.0608. The van der Waals surface area contributed by atoms with E-state index in [1.54, 1.807) is 36.2 Å². The quantitative estimate of drug-likeness (QED) is 0.528. The van der Waals surface area contributed by atoms with Gasteiger partial charge in [-0.1, -0.05) is 36.4 Å². The number of hydrogen-bond acceptors (Lipinski definition) is 5. The van der Waals surface area contributed by atoms with Crippen LogP contribution >= 0.6 is 0 Å². The van der Waals surface area contributed by atoms with Crippen LogP contribution in [-0.2, 0) is 16.1 Å². The summed E-state index contributed by atoms with van der Waals surface area (Å²) >= 11 is 0. The molecule has 0 aliphatic carbocycles. The Morgan fingerprint density at radius 1 is 1.07 bits per heavy atom. The second-order valence-corrected chi connectivity index (χ2v) is 6.64. The number of imide groups is 1. The highest BCUT2D eigenvalue weighted by Crippen LogP contribution is 2.25. The molecule has 142 valence electrons. The summed E-state index contributed by atoms with van der Waals surface area (Å²) in [4.78, 5) is 40.4. The molecule has 0 spiro atoms. The van der Waals surface area contributed by atoms with Crippen molar-refractivity contribution in [1.29, 1.82) is 0 Å². The zero-order valence-corrected chi connectivity index (χ0v) is 15.2. The Morgan fingerprint density at radius 3 is 2.39 bits per heavy atom. The highest BCUT2D eigenvalue weighted by atomic mass is 16.5. The Bertz CT molecular complexity index is 1060. The average molecular weight is 379 g/mol. The molecule has 2 amide bonds. The lowest BCUT2D eigenvalue weighted by Crippen LogP contribution is -2.45. The van der Waals surface area contributed by atoms with E-state index in [0.29, 0.717) is 11.4 Å². The third-order valence-electron chi connectivity index (χ3n) is 4.82. The van der Waals surface area contributed by atoms with Crippen molar-refractivity contribution in [1.82, 2.24) is 10.2 Å². The van der Waals surface area contributed by atoms with E-state index in [0.717, 1.165) is 5.69 Å². The summed E-state index contributed by atoms with van der Waals surface area (Å²) in [7, 11) is 1.71. The smallest absolute Gasteiger partial charge is 0.284 e. The van der Waals surface area contributed by atoms with Crippen LogP contribution in [0.15, 0.2) is 70.0 Å². The molecule has 1 fully saturated rings. The van der Waals surface area contributed by atoms with Crippen LogP contribution < -0.4 is 15.2 Å². The van der Waals surface area contributed by atoms with E-state index in [-0.39, 0.29) is 24.8 Å². The Kier molecular flexibility index (Phi) is 4.62. The fourth-order valence-corrected chi connectivity index (χ4v) is 3.37. The van der Waals surface area contributed by atoms with Crippen LogP contribution in [0.1, 0.15) is 12.1 Å². The molecule has 3 aromatic rings. The number of likely N-dealkylation sites (N-methyl/N-ethyl adjacent to an activating group) is 1. The molecule has 8 heteroatoms. The van der Waals surface area contributed by atoms with E-state index in [9.17, 15) is 14.4 Å². The summed E-state index contributed by atoms with van der Waals surface area (Å²) in [6.45, 7) is 0.146. The van der Waals surface area contributed by atoms with Crippen molar-refractivity contribution in [2.45, 2.75) is 19.0 Å². The average Bonchev–Trinajstić information content (AvgIpc) is 3.22. The number of carbonyl (C=O) groups excluding carboxylic acids is 2. The first-order valence-corrected chi connectivity index (χ1v) is 8.86. The van der Waals surface area contributed by atoms with E-state index in [1.165, 1.54) is 9.58 Å². The first-order valence-electron chi connectivity index (χ1n) is 8.86. The number of nitrogens with one attached hydrogen (secondary N) is 1. The van der Waals surface area contributed by atoms with Crippen LogP contribution in [-0.4, -0.2) is 35.1 Å². The Balaban J connectivity index is 1.58. The minimum atomic E-state index is -0.647. The Labute approximate surface area is 160 Å². The SMILES string of the molecule is CN(Cc1c(=O)o[nH][n+]1-c1ccccc1)C1CC(=O)N(c2ccccc2)C1=O. The fourth-order valence-electron chi connectivity index (χ4n) is 3.37. The minimum Gasteiger partial charge on any atom is -0.284 e. The molecule has 1 aliphatic rings. The van der Waals surface area contributed by atoms with Crippen LogP contribution in [0.5, 0.6) is 0 Å². The molecule has 2 heterocycles. The number of aromatic nitrogens is 2. The molecule has 8 nitrogen and oxygen atoms in total. The molecule has 1 unspecified atom stereocenters. The van der Waals surface area contributed by atoms with Crippen LogP contribution in [0.3, 0.4) is 0 Å². The van der Waals surface area contributed by atoms with Crippen molar-refractivity contribution >= 4 is 17.5 Å². The van der Waals surface area contributed by atoms with Gasteiger partial charge in [-0.3, -0.25) is 19.0 Å². The predicted octanol–water partition coefficient (Wildman–Crippen LogP) is 1.01. The van der Waals surface area contributed by atoms with E-state index in [4.69, 9.17) is 4.52 Å². The molecule has 0 saturated carbocycles. The van der Waals surface area contributed by atoms with Crippen LogP contribution in [0.4, 0.5) is 5.69 Å². The second kappa shape index (κ2) is 7.24. The number of amides is 2. The Hall–Kier alpha value is -3.52. The number of rotatable bonds is 5. The number of para-hydroxylation sites is 2. The van der Waals surface area contributed by atoms with E-state index in [2.05, 4.69) is 5.27 Å². The number of nitrogens with zero attached hydrogens (tertiary/aromatic N) is 3. The lowest BCUT2D eigenvalue weighted by Gasteiger charge is -2.20. The van der Waals surface area contributed by atoms with Crippen LogP contribution in [0.25, 0.3) is 5.69 Å². The predicted molar refractivity (Wildman–Crippen MR) is 99.7 cm³/mol. The minimum absolute atomic E-state index is 0.0608. The summed E-state index contributed by atoms with van der Waals surface area (Å²) in [5.74, 6) is -0.560. The Morgan fingerprint density at radius 2 is 1.71 bits per heavy atom. The van der Waals surface area contributed by atoms with E-state index < -0.39 is 11.7 Å². The molecule has 1 saturated heterocycles. The van der Waals surface area contributed by atoms with Crippen molar-refractivity contribution < 1.29 is 18.8 Å². The summed E-state index contributed by atoms with van der Waals surface area (Å²) < 4.78 is 6.48. The lowest BCUT2D eigenvalue weighted by molar-refractivity contribution is -0.678. The molecule has 2 aromatic carbocycles. The second-order valence-electron chi connectivity index (χ2n) is 6.64. The van der Waals surface area contributed by atoms with Gasteiger partial charge in [0.15, 0.2) is 0 Å². The van der Waals surface area contributed by atoms with Crippen molar-refractivity contribution in [2.75, 3.05) is 11.9 Å². The van der Waals surface area contributed by atoms with Gasteiger partial charge in [0.2, 0.25) is 11.6 Å². The molecule has 0 radical (unpaired) electrons. The number of aromatic amines is 1. The molecular formula is C20H19N4O4+. The van der Waals surface area contributed by atoms with Gasteiger partial charge in [-0.15, -0.1) is 0 Å². The van der Waals surface area contributed by atoms with Crippen LogP contribution in [0.2, 0.25) is 0 Å². The van der Waals surface area contributed by atoms with Crippen molar-refractivity contribution in [3.63, 3.8) is 0 Å². The summed E-state index contributed by atoms with van der Waals surface area (Å²) in [6, 6.07) is 17.4. The number of carbonyl (C=O) groups is 2. The standard InChI is InChI=1S/C20H18N4O4/c1-22(13-17-20(27)28-21-24(17)15-10-6-3-7-11-15)16-12-18(25)23(19(16)26)14-8-4-2-5-9-14/h2-11,16H,12-13H2,1H3/p+1. The van der Waals surface area contributed by atoms with Gasteiger partial charge in [-0.2, -0.15) is 0 Å². The zero-order chi connectivity index (χ0) is 19.7. The largest absolute Gasteiger partial charge is 0.431 e. The van der Waals surface area contributed by atoms with Gasteiger partial charge in [-0.05, 0) is 29.1 Å². The summed E-state index contributed by atoms with van der Waals surface area (Å²) in [5.41, 5.74) is 1.10. The van der Waals surface area contributed by atoms with E-state index in [1.807, 2.05) is 36.4 Å². The van der Waals surface area contributed by atoms with Gasteiger partial charge < -0.3 is 0 Å². The maximum Gasteiger partial charge on any atom is 0.431 e. The molecular weight excluding hydrogens is 360 g/mol. The summed E-state index contributed by atoms with van der Waals surface area (Å²) in [5, 5.41) is 2.58. The van der Waals surface area contributed by atoms with Gasteiger partial charge in [0.25, 0.3) is 5.91 Å². The van der Waals surface area contributed by atoms with Crippen molar-refractivity contribution in [2.24, 2.45) is 0 Å². The van der Waals surface area contributed by atoms with Crippen molar-refractivity contribution in [3.05, 3.63) is 76.8 Å². The lowest BCUT2D eigenvalue weighted by atomic mass is 10.2. The third kappa shape index (κ3) is 3.14. The molecule has 1 N–H and O–H groups in total. The van der Waals surface area contributed by atoms with E-state index >= 15 is 0 Å². The maximum atomic E-state index is 12.9. The monoisotopic (exact) mass is 379 g/mol. The van der Waals surface area contributed by atoms with Gasteiger partial charge in [-0.25, -0.2) is 9.69 Å². The highest BCUT2D eigenvalue weighted by Gasteiger charge is 2.42. The fraction of sp³-hybridized carbons (Fsp3) is 0.200. The molecule has 4 rings (SSSR count). The third-order valence-corrected chi connectivity index (χ3v) is 4.82. The van der Waals surface area contributed by atoms with Gasteiger partial charge in [0.1, 0.15) is 0 Å². The number of hydrogen-bond donors (Lipinski definition) is 1. The number of anilines is 1. The molecule has 1 aromatic heterocycles. The number of benzene rings is 2. The maximum absolute atomic E-state index is 12.9. The van der Waals surface area contributed by atoms with Crippen LogP contribution in [0, 0.1) is 0 Å². The molecule has 28 heavy (non-hydrogen) atoms. The highest BCUT2D eigenvalue weighted by molar-refractivity contribution is 6.22. The molecule has 0 bridgehead atoms. The topological polar surface area (TPSA) is 90.5 Å². The van der Waals surface area contributed by atoms with Gasteiger partial charge >= 0.3 is 11.3 Å². The first-order chi connectivity index (χ1) is 13.6. The first kappa shape index (κ1) is 17.9. The van der Waals surface area contributed by atoms with Gasteiger partial charge in [0, 0.05) is 12.1 Å². The number of H-pyrrole nitrogens is 1. The van der Waals surface area contributed by atoms with Crippen molar-refractivity contribution in [3.8, 4) is 5.69 Å².